The van der Waals surface area contributed by atoms with Crippen molar-refractivity contribution in [2.75, 3.05) is 0 Å². The summed E-state index contributed by atoms with van der Waals surface area (Å²) in [6.45, 7) is 0. The molecule has 0 aliphatic rings. The molecule has 0 saturated heterocycles. The van der Waals surface area contributed by atoms with E-state index in [0.717, 1.165) is 132 Å². The zero-order valence-corrected chi connectivity index (χ0v) is 34.3. The first kappa shape index (κ1) is 34.6. The van der Waals surface area contributed by atoms with E-state index in [1.54, 1.807) is 0 Å². The number of nitrogens with zero attached hydrogens (tertiary/aromatic N) is 2. The predicted octanol–water partition coefficient (Wildman–Crippen LogP) is 16.6. The Hall–Kier alpha value is -8.94. The molecule has 0 spiro atoms. The molecule has 0 aliphatic carbocycles. The third-order valence-corrected chi connectivity index (χ3v) is 13.1. The second kappa shape index (κ2) is 12.8. The van der Waals surface area contributed by atoms with E-state index in [-0.39, 0.29) is 0 Å². The van der Waals surface area contributed by atoms with Gasteiger partial charge in [-0.3, -0.25) is 0 Å². The van der Waals surface area contributed by atoms with Gasteiger partial charge in [0.1, 0.15) is 61.5 Å². The topological polar surface area (TPSA) is 91.5 Å². The molecule has 15 rings (SSSR count). The average Bonchev–Trinajstić information content (AvgIpc) is 4.18. The van der Waals surface area contributed by atoms with Gasteiger partial charge >= 0.3 is 0 Å². The van der Waals surface area contributed by atoms with Crippen LogP contribution in [0.25, 0.3) is 155 Å². The number of benzene rings is 9. The molecule has 0 atom stereocenters. The maximum atomic E-state index is 6.84. The van der Waals surface area contributed by atoms with Crippen molar-refractivity contribution < 1.29 is 22.1 Å². The van der Waals surface area contributed by atoms with Crippen molar-refractivity contribution in [1.29, 1.82) is 0 Å². The largest absolute Gasteiger partial charge is 0.456 e. The maximum Gasteiger partial charge on any atom is 0.180 e. The quantitative estimate of drug-likeness (QED) is 0.174. The Kier molecular flexibility index (Phi) is 6.83. The van der Waals surface area contributed by atoms with Gasteiger partial charge in [-0.2, -0.15) is 0 Å². The predicted molar refractivity (Wildman–Crippen MR) is 260 cm³/mol. The Morgan fingerprint density at radius 3 is 1.48 bits per heavy atom. The number of hydrogen-bond acceptors (Lipinski definition) is 7. The molecule has 0 amide bonds. The summed E-state index contributed by atoms with van der Waals surface area (Å²) < 4.78 is 32.6. The second-order valence-corrected chi connectivity index (χ2v) is 16.8. The van der Waals surface area contributed by atoms with Gasteiger partial charge in [0.2, 0.25) is 0 Å². The normalized spacial score (nSPS) is 12.3. The molecule has 0 N–H and O–H groups in total. The number of hydrogen-bond donors (Lipinski definition) is 0. The van der Waals surface area contributed by atoms with Crippen LogP contribution in [0.5, 0.6) is 0 Å². The van der Waals surface area contributed by atoms with E-state index in [1.807, 2.05) is 72.8 Å². The molecule has 65 heavy (non-hydrogen) atoms. The molecule has 6 aromatic heterocycles. The van der Waals surface area contributed by atoms with Crippen molar-refractivity contribution in [3.63, 3.8) is 0 Å². The SMILES string of the molecule is c1ccc2c(c1)oc1cc(-c3ccc4c(c3)oc3c(-c5ccc6c(c5)oc5cccc(-c7cccc8c7oc7ccccc78)c56)nc(-c5ccc6c(c5)oc5ccccc56)nc34)ccc12. The van der Waals surface area contributed by atoms with E-state index in [9.17, 15) is 0 Å². The summed E-state index contributed by atoms with van der Waals surface area (Å²) in [4.78, 5) is 10.5. The van der Waals surface area contributed by atoms with Crippen LogP contribution >= 0.6 is 0 Å². The summed E-state index contributed by atoms with van der Waals surface area (Å²) in [5.74, 6) is 0.558. The zero-order chi connectivity index (χ0) is 42.3. The number of fused-ring (bicyclic) bond motifs is 15. The first-order valence-electron chi connectivity index (χ1n) is 21.6. The van der Waals surface area contributed by atoms with Crippen LogP contribution in [-0.4, -0.2) is 9.97 Å². The molecule has 0 aliphatic heterocycles. The van der Waals surface area contributed by atoms with Gasteiger partial charge in [-0.25, -0.2) is 9.97 Å². The minimum atomic E-state index is 0.558. The van der Waals surface area contributed by atoms with Crippen LogP contribution in [0.15, 0.2) is 204 Å². The Bertz CT molecular complexity index is 4500. The molecular weight excluding hydrogens is 805 g/mol. The number of rotatable bonds is 4. The molecule has 0 fully saturated rings. The lowest BCUT2D eigenvalue weighted by Gasteiger charge is -2.07. The first-order valence-corrected chi connectivity index (χ1v) is 21.6. The minimum absolute atomic E-state index is 0.558. The van der Waals surface area contributed by atoms with E-state index in [2.05, 4.69) is 109 Å². The highest BCUT2D eigenvalue weighted by atomic mass is 16.3. The summed E-state index contributed by atoms with van der Waals surface area (Å²) in [5.41, 5.74) is 15.0. The molecule has 9 aromatic carbocycles. The van der Waals surface area contributed by atoms with Crippen molar-refractivity contribution in [3.8, 4) is 44.9 Å². The fourth-order valence-corrected chi connectivity index (χ4v) is 10.1. The van der Waals surface area contributed by atoms with Crippen LogP contribution in [0.4, 0.5) is 0 Å². The Morgan fingerprint density at radius 1 is 0.277 bits per heavy atom. The van der Waals surface area contributed by atoms with Gasteiger partial charge in [-0.15, -0.1) is 0 Å². The van der Waals surface area contributed by atoms with Crippen molar-refractivity contribution in [2.45, 2.75) is 0 Å². The van der Waals surface area contributed by atoms with Crippen molar-refractivity contribution >= 4 is 110 Å². The average molecular weight is 835 g/mol. The molecular formula is C58H30N2O5. The van der Waals surface area contributed by atoms with Gasteiger partial charge in [-0.1, -0.05) is 109 Å². The molecule has 7 nitrogen and oxygen atoms in total. The fraction of sp³-hybridized carbons (Fsp3) is 0. The van der Waals surface area contributed by atoms with Crippen LogP contribution in [0.2, 0.25) is 0 Å². The van der Waals surface area contributed by atoms with Crippen LogP contribution < -0.4 is 0 Å². The van der Waals surface area contributed by atoms with Crippen molar-refractivity contribution in [2.24, 2.45) is 0 Å². The van der Waals surface area contributed by atoms with E-state index in [4.69, 9.17) is 32.1 Å². The molecule has 0 unspecified atom stereocenters. The lowest BCUT2D eigenvalue weighted by molar-refractivity contribution is 0.666. The highest BCUT2D eigenvalue weighted by molar-refractivity contribution is 6.18. The summed E-state index contributed by atoms with van der Waals surface area (Å²) >= 11 is 0. The highest BCUT2D eigenvalue weighted by Crippen LogP contribution is 2.44. The van der Waals surface area contributed by atoms with Crippen LogP contribution in [0.1, 0.15) is 0 Å². The Labute approximate surface area is 367 Å². The summed E-state index contributed by atoms with van der Waals surface area (Å²) in [6, 6.07) is 62.1. The molecule has 15 aromatic rings. The van der Waals surface area contributed by atoms with E-state index in [0.29, 0.717) is 22.7 Å². The summed E-state index contributed by atoms with van der Waals surface area (Å²) in [6.07, 6.45) is 0. The third kappa shape index (κ3) is 5.00. The zero-order valence-electron chi connectivity index (χ0n) is 34.3. The standard InChI is InChI=1S/C58H30N2O5/c1-4-15-45-35(9-1)38-23-19-31(27-49(38)61-45)32-20-26-44-52(28-32)65-57-54(59-58(60-55(44)57)34-22-24-39-36-10-2-5-16-46(36)62-50(39)30-34)33-21-25-43-51(29-33)63-48-18-8-12-40(53(43)48)42-14-7-13-41-37-11-3-6-17-47(37)64-56(41)42/h1-30H. The first-order chi connectivity index (χ1) is 32.2. The van der Waals surface area contributed by atoms with Gasteiger partial charge < -0.3 is 22.1 Å². The van der Waals surface area contributed by atoms with Crippen LogP contribution in [-0.2, 0) is 0 Å². The molecule has 0 radical (unpaired) electrons. The van der Waals surface area contributed by atoms with E-state index < -0.39 is 0 Å². The monoisotopic (exact) mass is 834 g/mol. The minimum Gasteiger partial charge on any atom is -0.456 e. The fourth-order valence-electron chi connectivity index (χ4n) is 10.1. The third-order valence-electron chi connectivity index (χ3n) is 13.1. The lowest BCUT2D eigenvalue weighted by Crippen LogP contribution is -1.94. The molecule has 0 saturated carbocycles. The van der Waals surface area contributed by atoms with Gasteiger partial charge in [0.05, 0.1) is 0 Å². The smallest absolute Gasteiger partial charge is 0.180 e. The number of furan rings is 5. The summed E-state index contributed by atoms with van der Waals surface area (Å²) in [7, 11) is 0. The maximum absolute atomic E-state index is 6.84. The lowest BCUT2D eigenvalue weighted by atomic mass is 9.97. The Morgan fingerprint density at radius 2 is 0.738 bits per heavy atom. The molecule has 7 heteroatoms. The van der Waals surface area contributed by atoms with Gasteiger partial charge in [0.15, 0.2) is 11.4 Å². The van der Waals surface area contributed by atoms with Crippen molar-refractivity contribution in [3.05, 3.63) is 182 Å². The van der Waals surface area contributed by atoms with Gasteiger partial charge in [0, 0.05) is 65.2 Å². The Balaban J connectivity index is 0.922. The van der Waals surface area contributed by atoms with Crippen molar-refractivity contribution in [1.82, 2.24) is 9.97 Å². The van der Waals surface area contributed by atoms with Gasteiger partial charge in [-0.05, 0) is 89.5 Å². The summed E-state index contributed by atoms with van der Waals surface area (Å²) in [5, 5.41) is 9.37. The highest BCUT2D eigenvalue weighted by Gasteiger charge is 2.23. The van der Waals surface area contributed by atoms with E-state index >= 15 is 0 Å². The number of aromatic nitrogens is 2. The van der Waals surface area contributed by atoms with E-state index in [1.165, 1.54) is 0 Å². The molecule has 6 heterocycles. The molecule has 302 valence electrons. The second-order valence-electron chi connectivity index (χ2n) is 16.8. The molecule has 0 bridgehead atoms. The van der Waals surface area contributed by atoms with Crippen LogP contribution in [0, 0.1) is 0 Å². The van der Waals surface area contributed by atoms with Gasteiger partial charge in [0.25, 0.3) is 0 Å². The van der Waals surface area contributed by atoms with Crippen LogP contribution in [0.3, 0.4) is 0 Å². The number of para-hydroxylation sites is 4.